The quantitative estimate of drug-likeness (QED) is 0.906. The fraction of sp³-hybridized carbons (Fsp3) is 0.200. The molecule has 1 N–H and O–H groups in total. The van der Waals surface area contributed by atoms with Gasteiger partial charge in [-0.15, -0.1) is 0 Å². The first kappa shape index (κ1) is 17.0. The molecular formula is C15H15F2NO4S. The summed E-state index contributed by atoms with van der Waals surface area (Å²) < 4.78 is 64.4. The van der Waals surface area contributed by atoms with Crippen LogP contribution < -0.4 is 14.2 Å². The Labute approximate surface area is 132 Å². The van der Waals surface area contributed by atoms with Gasteiger partial charge in [0, 0.05) is 12.1 Å². The zero-order chi connectivity index (χ0) is 17.2. The van der Waals surface area contributed by atoms with Crippen molar-refractivity contribution >= 4 is 15.7 Å². The SMILES string of the molecule is COc1cc(F)c(S(=O)(=O)Nc2ccc(C)cc2F)cc1OC. The largest absolute Gasteiger partial charge is 0.493 e. The lowest BCUT2D eigenvalue weighted by atomic mass is 10.2. The molecule has 0 unspecified atom stereocenters. The van der Waals surface area contributed by atoms with Gasteiger partial charge in [0.05, 0.1) is 19.9 Å². The lowest BCUT2D eigenvalue weighted by Crippen LogP contribution is -2.16. The Morgan fingerprint density at radius 3 is 2.13 bits per heavy atom. The Balaban J connectivity index is 2.47. The molecule has 0 fully saturated rings. The summed E-state index contributed by atoms with van der Waals surface area (Å²) in [4.78, 5) is -0.671. The van der Waals surface area contributed by atoms with Crippen LogP contribution in [0.5, 0.6) is 11.5 Å². The van der Waals surface area contributed by atoms with Crippen molar-refractivity contribution in [1.82, 2.24) is 0 Å². The standard InChI is InChI=1S/C15H15F2NO4S/c1-9-4-5-12(10(16)6-9)18-23(19,20)15-8-14(22-3)13(21-2)7-11(15)17/h4-8,18H,1-3H3. The zero-order valence-electron chi connectivity index (χ0n) is 12.7. The van der Waals surface area contributed by atoms with Crippen molar-refractivity contribution in [3.63, 3.8) is 0 Å². The van der Waals surface area contributed by atoms with Gasteiger partial charge in [-0.2, -0.15) is 0 Å². The van der Waals surface area contributed by atoms with Gasteiger partial charge in [-0.3, -0.25) is 4.72 Å². The van der Waals surface area contributed by atoms with Crippen molar-refractivity contribution < 1.29 is 26.7 Å². The van der Waals surface area contributed by atoms with Gasteiger partial charge in [0.2, 0.25) is 0 Å². The molecule has 5 nitrogen and oxygen atoms in total. The van der Waals surface area contributed by atoms with Crippen molar-refractivity contribution in [1.29, 1.82) is 0 Å². The highest BCUT2D eigenvalue weighted by atomic mass is 32.2. The second-order valence-electron chi connectivity index (χ2n) is 4.73. The topological polar surface area (TPSA) is 64.6 Å². The van der Waals surface area contributed by atoms with E-state index in [1.54, 1.807) is 6.92 Å². The minimum Gasteiger partial charge on any atom is -0.493 e. The van der Waals surface area contributed by atoms with E-state index >= 15 is 0 Å². The molecule has 0 spiro atoms. The first-order valence-corrected chi connectivity index (χ1v) is 7.97. The van der Waals surface area contributed by atoms with Crippen LogP contribution in [0.3, 0.4) is 0 Å². The van der Waals surface area contributed by atoms with Crippen LogP contribution in [0.2, 0.25) is 0 Å². The van der Waals surface area contributed by atoms with Gasteiger partial charge < -0.3 is 9.47 Å². The molecule has 0 saturated carbocycles. The number of sulfonamides is 1. The van der Waals surface area contributed by atoms with Gasteiger partial charge >= 0.3 is 0 Å². The monoisotopic (exact) mass is 343 g/mol. The molecule has 8 heteroatoms. The first-order valence-electron chi connectivity index (χ1n) is 6.49. The van der Waals surface area contributed by atoms with Gasteiger partial charge in [0.25, 0.3) is 10.0 Å². The van der Waals surface area contributed by atoms with E-state index < -0.39 is 26.6 Å². The van der Waals surface area contributed by atoms with E-state index in [4.69, 9.17) is 9.47 Å². The van der Waals surface area contributed by atoms with Crippen LogP contribution in [0, 0.1) is 18.6 Å². The third-order valence-electron chi connectivity index (χ3n) is 3.10. The van der Waals surface area contributed by atoms with Crippen molar-refractivity contribution in [3.05, 3.63) is 47.5 Å². The molecule has 0 atom stereocenters. The maximum atomic E-state index is 14.1. The number of nitrogens with one attached hydrogen (secondary N) is 1. The molecule has 0 bridgehead atoms. The Bertz CT molecular complexity index is 838. The second kappa shape index (κ2) is 6.41. The smallest absolute Gasteiger partial charge is 0.265 e. The van der Waals surface area contributed by atoms with E-state index in [0.717, 1.165) is 12.1 Å². The van der Waals surface area contributed by atoms with E-state index in [1.807, 2.05) is 4.72 Å². The molecule has 0 aliphatic carbocycles. The average Bonchev–Trinajstić information content (AvgIpc) is 2.49. The van der Waals surface area contributed by atoms with Gasteiger partial charge in [-0.25, -0.2) is 17.2 Å². The van der Waals surface area contributed by atoms with Crippen LogP contribution >= 0.6 is 0 Å². The Morgan fingerprint density at radius 2 is 1.57 bits per heavy atom. The summed E-state index contributed by atoms with van der Waals surface area (Å²) in [6.45, 7) is 1.66. The fourth-order valence-electron chi connectivity index (χ4n) is 1.94. The van der Waals surface area contributed by atoms with Gasteiger partial charge in [0.15, 0.2) is 11.5 Å². The highest BCUT2D eigenvalue weighted by molar-refractivity contribution is 7.92. The Kier molecular flexibility index (Phi) is 4.74. The van der Waals surface area contributed by atoms with Crippen molar-refractivity contribution in [3.8, 4) is 11.5 Å². The summed E-state index contributed by atoms with van der Waals surface area (Å²) in [7, 11) is -1.75. The third kappa shape index (κ3) is 3.53. The van der Waals surface area contributed by atoms with E-state index in [2.05, 4.69) is 0 Å². The van der Waals surface area contributed by atoms with Crippen molar-refractivity contribution in [2.24, 2.45) is 0 Å². The molecule has 0 heterocycles. The van der Waals surface area contributed by atoms with Gasteiger partial charge in [-0.1, -0.05) is 6.07 Å². The van der Waals surface area contributed by atoms with E-state index in [9.17, 15) is 17.2 Å². The van der Waals surface area contributed by atoms with Crippen LogP contribution in [0.25, 0.3) is 0 Å². The molecule has 0 aromatic heterocycles. The molecule has 0 radical (unpaired) electrons. The predicted molar refractivity (Wildman–Crippen MR) is 81.4 cm³/mol. The molecule has 0 aliphatic rings. The first-order chi connectivity index (χ1) is 10.8. The van der Waals surface area contributed by atoms with Crippen LogP contribution in [0.4, 0.5) is 14.5 Å². The normalized spacial score (nSPS) is 11.2. The van der Waals surface area contributed by atoms with Gasteiger partial charge in [-0.05, 0) is 24.6 Å². The van der Waals surface area contributed by atoms with E-state index in [-0.39, 0.29) is 17.2 Å². The fourth-order valence-corrected chi connectivity index (χ4v) is 3.09. The summed E-state index contributed by atoms with van der Waals surface area (Å²) >= 11 is 0. The number of hydrogen-bond donors (Lipinski definition) is 1. The summed E-state index contributed by atoms with van der Waals surface area (Å²) in [5.41, 5.74) is 0.354. The third-order valence-corrected chi connectivity index (χ3v) is 4.48. The Morgan fingerprint density at radius 1 is 0.957 bits per heavy atom. The molecule has 23 heavy (non-hydrogen) atoms. The number of rotatable bonds is 5. The molecule has 2 aromatic carbocycles. The lowest BCUT2D eigenvalue weighted by Gasteiger charge is -2.13. The minimum atomic E-state index is -4.34. The van der Waals surface area contributed by atoms with E-state index in [0.29, 0.717) is 5.56 Å². The number of aryl methyl sites for hydroxylation is 1. The highest BCUT2D eigenvalue weighted by Gasteiger charge is 2.23. The zero-order valence-corrected chi connectivity index (χ0v) is 13.5. The summed E-state index contributed by atoms with van der Waals surface area (Å²) in [5, 5.41) is 0. The number of halogens is 2. The molecule has 0 saturated heterocycles. The minimum absolute atomic E-state index is 0.0404. The summed E-state index contributed by atoms with van der Waals surface area (Å²) in [6.07, 6.45) is 0. The molecule has 0 amide bonds. The van der Waals surface area contributed by atoms with Crippen LogP contribution in [-0.2, 0) is 10.0 Å². The van der Waals surface area contributed by atoms with Crippen molar-refractivity contribution in [2.75, 3.05) is 18.9 Å². The second-order valence-corrected chi connectivity index (χ2v) is 6.38. The highest BCUT2D eigenvalue weighted by Crippen LogP contribution is 2.32. The van der Waals surface area contributed by atoms with Crippen LogP contribution in [0.15, 0.2) is 35.2 Å². The molecule has 0 aliphatic heterocycles. The average molecular weight is 343 g/mol. The molecular weight excluding hydrogens is 328 g/mol. The molecule has 2 aromatic rings. The number of methoxy groups -OCH3 is 2. The Hall–Kier alpha value is -2.35. The number of benzene rings is 2. The number of ether oxygens (including phenoxy) is 2. The molecule has 2 rings (SSSR count). The van der Waals surface area contributed by atoms with Crippen LogP contribution in [-0.4, -0.2) is 22.6 Å². The predicted octanol–water partition coefficient (Wildman–Crippen LogP) is 3.09. The maximum absolute atomic E-state index is 14.1. The molecule has 124 valence electrons. The van der Waals surface area contributed by atoms with Gasteiger partial charge in [0.1, 0.15) is 16.5 Å². The lowest BCUT2D eigenvalue weighted by molar-refractivity contribution is 0.350. The summed E-state index contributed by atoms with van der Waals surface area (Å²) in [5.74, 6) is -1.71. The summed E-state index contributed by atoms with van der Waals surface area (Å²) in [6, 6.07) is 5.83. The van der Waals surface area contributed by atoms with Crippen LogP contribution in [0.1, 0.15) is 5.56 Å². The number of hydrogen-bond acceptors (Lipinski definition) is 4. The maximum Gasteiger partial charge on any atom is 0.265 e. The van der Waals surface area contributed by atoms with E-state index in [1.165, 1.54) is 32.4 Å². The van der Waals surface area contributed by atoms with Crippen molar-refractivity contribution in [2.45, 2.75) is 11.8 Å². The number of anilines is 1.